The van der Waals surface area contributed by atoms with Crippen molar-refractivity contribution in [1.29, 1.82) is 0 Å². The van der Waals surface area contributed by atoms with Gasteiger partial charge in [0.15, 0.2) is 0 Å². The SMILES string of the molecule is CC1C(N)CCN1Cc1ccc(Cl)cc1Cl. The molecule has 0 amide bonds. The van der Waals surface area contributed by atoms with Gasteiger partial charge in [-0.3, -0.25) is 4.90 Å². The Labute approximate surface area is 106 Å². The molecule has 16 heavy (non-hydrogen) atoms. The topological polar surface area (TPSA) is 29.3 Å². The molecule has 0 aromatic heterocycles. The molecule has 0 radical (unpaired) electrons. The van der Waals surface area contributed by atoms with Gasteiger partial charge in [-0.25, -0.2) is 0 Å². The molecule has 88 valence electrons. The summed E-state index contributed by atoms with van der Waals surface area (Å²) in [6.07, 6.45) is 1.06. The van der Waals surface area contributed by atoms with Gasteiger partial charge >= 0.3 is 0 Å². The fourth-order valence-corrected chi connectivity index (χ4v) is 2.59. The largest absolute Gasteiger partial charge is 0.326 e. The van der Waals surface area contributed by atoms with Crippen LogP contribution >= 0.6 is 23.2 Å². The van der Waals surface area contributed by atoms with Crippen LogP contribution in [0.2, 0.25) is 10.0 Å². The zero-order valence-corrected chi connectivity index (χ0v) is 10.8. The van der Waals surface area contributed by atoms with Gasteiger partial charge in [-0.1, -0.05) is 29.3 Å². The van der Waals surface area contributed by atoms with Crippen LogP contribution in [0.25, 0.3) is 0 Å². The Morgan fingerprint density at radius 2 is 2.19 bits per heavy atom. The lowest BCUT2D eigenvalue weighted by Gasteiger charge is -2.23. The van der Waals surface area contributed by atoms with Crippen LogP contribution in [0.4, 0.5) is 0 Å². The van der Waals surface area contributed by atoms with Crippen LogP contribution < -0.4 is 5.73 Å². The number of halogens is 2. The lowest BCUT2D eigenvalue weighted by atomic mass is 10.1. The maximum Gasteiger partial charge on any atom is 0.0465 e. The first kappa shape index (κ1) is 12.2. The first-order valence-electron chi connectivity index (χ1n) is 5.51. The summed E-state index contributed by atoms with van der Waals surface area (Å²) in [6, 6.07) is 6.36. The highest BCUT2D eigenvalue weighted by atomic mass is 35.5. The molecule has 0 spiro atoms. The van der Waals surface area contributed by atoms with Crippen molar-refractivity contribution in [2.45, 2.75) is 32.0 Å². The van der Waals surface area contributed by atoms with E-state index in [9.17, 15) is 0 Å². The van der Waals surface area contributed by atoms with E-state index in [-0.39, 0.29) is 6.04 Å². The Morgan fingerprint density at radius 1 is 1.44 bits per heavy atom. The van der Waals surface area contributed by atoms with E-state index in [2.05, 4.69) is 11.8 Å². The summed E-state index contributed by atoms with van der Waals surface area (Å²) < 4.78 is 0. The van der Waals surface area contributed by atoms with Gasteiger partial charge in [0, 0.05) is 35.2 Å². The maximum atomic E-state index is 6.15. The Hall–Kier alpha value is -0.280. The molecular formula is C12H16Cl2N2. The van der Waals surface area contributed by atoms with E-state index >= 15 is 0 Å². The summed E-state index contributed by atoms with van der Waals surface area (Å²) in [7, 11) is 0. The number of benzene rings is 1. The Bertz CT molecular complexity index is 381. The minimum atomic E-state index is 0.283. The Kier molecular flexibility index (Phi) is 3.75. The molecule has 2 atom stereocenters. The number of nitrogens with two attached hydrogens (primary N) is 1. The second-order valence-corrected chi connectivity index (χ2v) is 5.24. The minimum absolute atomic E-state index is 0.283. The van der Waals surface area contributed by atoms with Crippen LogP contribution in [0.1, 0.15) is 18.9 Å². The molecule has 1 aliphatic heterocycles. The number of hydrogen-bond acceptors (Lipinski definition) is 2. The van der Waals surface area contributed by atoms with Gasteiger partial charge in [0.1, 0.15) is 0 Å². The van der Waals surface area contributed by atoms with E-state index in [1.165, 1.54) is 0 Å². The first-order chi connectivity index (χ1) is 7.58. The molecule has 1 fully saturated rings. The average molecular weight is 259 g/mol. The van der Waals surface area contributed by atoms with E-state index in [1.807, 2.05) is 12.1 Å². The Morgan fingerprint density at radius 3 is 2.75 bits per heavy atom. The van der Waals surface area contributed by atoms with E-state index in [1.54, 1.807) is 6.07 Å². The van der Waals surface area contributed by atoms with Gasteiger partial charge in [0.05, 0.1) is 0 Å². The van der Waals surface area contributed by atoms with Crippen LogP contribution in [0, 0.1) is 0 Å². The lowest BCUT2D eigenvalue weighted by Crippen LogP contribution is -2.36. The molecule has 2 unspecified atom stereocenters. The molecule has 1 aromatic carbocycles. The van der Waals surface area contributed by atoms with Crippen molar-refractivity contribution >= 4 is 23.2 Å². The third-order valence-electron chi connectivity index (χ3n) is 3.33. The minimum Gasteiger partial charge on any atom is -0.326 e. The summed E-state index contributed by atoms with van der Waals surface area (Å²) in [5.41, 5.74) is 7.11. The predicted molar refractivity (Wildman–Crippen MR) is 68.9 cm³/mol. The van der Waals surface area contributed by atoms with Gasteiger partial charge in [-0.05, 0) is 31.0 Å². The van der Waals surface area contributed by atoms with E-state index < -0.39 is 0 Å². The molecule has 4 heteroatoms. The monoisotopic (exact) mass is 258 g/mol. The third kappa shape index (κ3) is 2.51. The smallest absolute Gasteiger partial charge is 0.0465 e. The second-order valence-electron chi connectivity index (χ2n) is 4.40. The van der Waals surface area contributed by atoms with Crippen molar-refractivity contribution in [1.82, 2.24) is 4.90 Å². The average Bonchev–Trinajstić information content (AvgIpc) is 2.54. The fraction of sp³-hybridized carbons (Fsp3) is 0.500. The van der Waals surface area contributed by atoms with Crippen molar-refractivity contribution in [3.8, 4) is 0 Å². The molecule has 0 saturated carbocycles. The number of nitrogens with zero attached hydrogens (tertiary/aromatic N) is 1. The van der Waals surface area contributed by atoms with E-state index in [0.717, 1.165) is 30.1 Å². The molecule has 0 bridgehead atoms. The standard InChI is InChI=1S/C12H16Cl2N2/c1-8-12(15)4-5-16(8)7-9-2-3-10(13)6-11(9)14/h2-3,6,8,12H,4-5,7,15H2,1H3. The van der Waals surface area contributed by atoms with Crippen molar-refractivity contribution in [3.05, 3.63) is 33.8 Å². The highest BCUT2D eigenvalue weighted by molar-refractivity contribution is 6.35. The first-order valence-corrected chi connectivity index (χ1v) is 6.27. The summed E-state index contributed by atoms with van der Waals surface area (Å²) in [5.74, 6) is 0. The summed E-state index contributed by atoms with van der Waals surface area (Å²) >= 11 is 12.0. The van der Waals surface area contributed by atoms with Crippen LogP contribution in [-0.4, -0.2) is 23.5 Å². The van der Waals surface area contributed by atoms with Crippen molar-refractivity contribution in [2.75, 3.05) is 6.54 Å². The second kappa shape index (κ2) is 4.92. The van der Waals surface area contributed by atoms with Gasteiger partial charge in [-0.2, -0.15) is 0 Å². The van der Waals surface area contributed by atoms with Crippen LogP contribution in [0.5, 0.6) is 0 Å². The summed E-state index contributed by atoms with van der Waals surface area (Å²) in [6.45, 7) is 4.06. The van der Waals surface area contributed by atoms with Gasteiger partial charge < -0.3 is 5.73 Å². The molecule has 0 aliphatic carbocycles. The van der Waals surface area contributed by atoms with Gasteiger partial charge in [0.25, 0.3) is 0 Å². The molecule has 1 aromatic rings. The maximum absolute atomic E-state index is 6.15. The van der Waals surface area contributed by atoms with Crippen LogP contribution in [-0.2, 0) is 6.54 Å². The summed E-state index contributed by atoms with van der Waals surface area (Å²) in [4.78, 5) is 2.36. The molecule has 2 nitrogen and oxygen atoms in total. The normalized spacial score (nSPS) is 26.2. The summed E-state index contributed by atoms with van der Waals surface area (Å²) in [5, 5.41) is 1.42. The third-order valence-corrected chi connectivity index (χ3v) is 3.92. The quantitative estimate of drug-likeness (QED) is 0.884. The van der Waals surface area contributed by atoms with Gasteiger partial charge in [0.2, 0.25) is 0 Å². The Balaban J connectivity index is 2.09. The van der Waals surface area contributed by atoms with Crippen LogP contribution in [0.15, 0.2) is 18.2 Å². The predicted octanol–water partition coefficient (Wildman–Crippen LogP) is 2.91. The van der Waals surface area contributed by atoms with Gasteiger partial charge in [-0.15, -0.1) is 0 Å². The van der Waals surface area contributed by atoms with E-state index in [4.69, 9.17) is 28.9 Å². The highest BCUT2D eigenvalue weighted by Gasteiger charge is 2.27. The zero-order chi connectivity index (χ0) is 11.7. The number of likely N-dealkylation sites (tertiary alicyclic amines) is 1. The van der Waals surface area contributed by atoms with Crippen molar-refractivity contribution in [2.24, 2.45) is 5.73 Å². The van der Waals surface area contributed by atoms with E-state index in [0.29, 0.717) is 11.1 Å². The van der Waals surface area contributed by atoms with Crippen molar-refractivity contribution in [3.63, 3.8) is 0 Å². The molecule has 1 aliphatic rings. The number of rotatable bonds is 2. The fourth-order valence-electron chi connectivity index (χ4n) is 2.12. The molecule has 2 N–H and O–H groups in total. The number of hydrogen-bond donors (Lipinski definition) is 1. The molecule has 2 rings (SSSR count). The zero-order valence-electron chi connectivity index (χ0n) is 9.29. The lowest BCUT2D eigenvalue weighted by molar-refractivity contribution is 0.252. The van der Waals surface area contributed by atoms with Crippen LogP contribution in [0.3, 0.4) is 0 Å². The molecule has 1 saturated heterocycles. The molecule has 1 heterocycles. The highest BCUT2D eigenvalue weighted by Crippen LogP contribution is 2.25. The molecular weight excluding hydrogens is 243 g/mol. The van der Waals surface area contributed by atoms with Crippen molar-refractivity contribution < 1.29 is 0 Å².